The highest BCUT2D eigenvalue weighted by Gasteiger charge is 2.28. The average Bonchev–Trinajstić information content (AvgIpc) is 2.22. The molecule has 1 N–H and O–H groups in total. The Labute approximate surface area is 111 Å². The maximum atomic E-state index is 12.2. The van der Waals surface area contributed by atoms with Gasteiger partial charge >= 0.3 is 5.97 Å². The molecule has 0 aliphatic heterocycles. The van der Waals surface area contributed by atoms with Gasteiger partial charge in [0.1, 0.15) is 5.25 Å². The van der Waals surface area contributed by atoms with Crippen LogP contribution in [0.5, 0.6) is 0 Å². The molecule has 18 heavy (non-hydrogen) atoms. The van der Waals surface area contributed by atoms with Gasteiger partial charge in [0.05, 0.1) is 0 Å². The number of aryl methyl sites for hydroxylation is 2. The Hall–Kier alpha value is -1.16. The molecular formula is C14H20O3S. The highest BCUT2D eigenvalue weighted by molar-refractivity contribution is 7.85. The molecule has 0 aromatic heterocycles. The van der Waals surface area contributed by atoms with E-state index < -0.39 is 22.0 Å². The van der Waals surface area contributed by atoms with E-state index >= 15 is 0 Å². The number of benzene rings is 1. The van der Waals surface area contributed by atoms with Gasteiger partial charge in [-0.25, -0.2) is 0 Å². The summed E-state index contributed by atoms with van der Waals surface area (Å²) in [5.41, 5.74) is 3.13. The fourth-order valence-corrected chi connectivity index (χ4v) is 3.53. The van der Waals surface area contributed by atoms with Crippen LogP contribution in [0.15, 0.2) is 18.2 Å². The predicted molar refractivity (Wildman–Crippen MR) is 74.0 cm³/mol. The van der Waals surface area contributed by atoms with Crippen LogP contribution in [0.4, 0.5) is 0 Å². The largest absolute Gasteiger partial charge is 0.480 e. The number of hydrogen-bond donors (Lipinski definition) is 1. The Bertz CT molecular complexity index is 466. The van der Waals surface area contributed by atoms with E-state index in [4.69, 9.17) is 5.11 Å². The van der Waals surface area contributed by atoms with Crippen LogP contribution in [0.2, 0.25) is 0 Å². The van der Waals surface area contributed by atoms with Crippen LogP contribution in [0, 0.1) is 19.8 Å². The maximum absolute atomic E-state index is 12.2. The monoisotopic (exact) mass is 268 g/mol. The quantitative estimate of drug-likeness (QED) is 0.893. The second-order valence-corrected chi connectivity index (χ2v) is 6.52. The summed E-state index contributed by atoms with van der Waals surface area (Å²) in [4.78, 5) is 11.1. The molecule has 1 aromatic carbocycles. The molecule has 0 bridgehead atoms. The number of carboxylic acid groups (broad SMARTS) is 1. The number of carbonyl (C=O) groups is 1. The third kappa shape index (κ3) is 3.67. The van der Waals surface area contributed by atoms with Gasteiger partial charge in [0.25, 0.3) is 0 Å². The van der Waals surface area contributed by atoms with Gasteiger partial charge in [-0.2, -0.15) is 0 Å². The standard InChI is InChI=1S/C14H20O3S/c1-9(2)13(14(15)16)18(17)8-12-7-10(3)5-6-11(12)4/h5-7,9,13H,8H2,1-4H3,(H,15,16)/t13-,18+/m0/s1. The third-order valence-electron chi connectivity index (χ3n) is 2.93. The normalized spacial score (nSPS) is 14.5. The van der Waals surface area contributed by atoms with Crippen LogP contribution < -0.4 is 0 Å². The van der Waals surface area contributed by atoms with Gasteiger partial charge in [0, 0.05) is 16.6 Å². The molecule has 4 heteroatoms. The molecule has 0 heterocycles. The van der Waals surface area contributed by atoms with Crippen molar-refractivity contribution in [2.45, 2.75) is 38.7 Å². The van der Waals surface area contributed by atoms with Crippen molar-refractivity contribution in [1.29, 1.82) is 0 Å². The summed E-state index contributed by atoms with van der Waals surface area (Å²) >= 11 is 0. The van der Waals surface area contributed by atoms with Gasteiger partial charge in [0.15, 0.2) is 0 Å². The van der Waals surface area contributed by atoms with Crippen LogP contribution in [-0.4, -0.2) is 20.5 Å². The van der Waals surface area contributed by atoms with E-state index in [-0.39, 0.29) is 5.92 Å². The van der Waals surface area contributed by atoms with Crippen molar-refractivity contribution in [3.8, 4) is 0 Å². The van der Waals surface area contributed by atoms with Gasteiger partial charge < -0.3 is 5.11 Å². The van der Waals surface area contributed by atoms with Crippen molar-refractivity contribution in [1.82, 2.24) is 0 Å². The summed E-state index contributed by atoms with van der Waals surface area (Å²) in [5, 5.41) is 8.32. The number of hydrogen-bond acceptors (Lipinski definition) is 2. The van der Waals surface area contributed by atoms with E-state index in [2.05, 4.69) is 0 Å². The third-order valence-corrected chi connectivity index (χ3v) is 4.84. The maximum Gasteiger partial charge on any atom is 0.319 e. The highest BCUT2D eigenvalue weighted by atomic mass is 32.2. The molecule has 0 fully saturated rings. The minimum absolute atomic E-state index is 0.131. The summed E-state index contributed by atoms with van der Waals surface area (Å²) in [6.07, 6.45) is 0. The first-order chi connectivity index (χ1) is 8.32. The Morgan fingerprint density at radius 3 is 2.44 bits per heavy atom. The van der Waals surface area contributed by atoms with Gasteiger partial charge in [-0.05, 0) is 30.9 Å². The summed E-state index contributed by atoms with van der Waals surface area (Å²) in [7, 11) is -1.39. The lowest BCUT2D eigenvalue weighted by atomic mass is 10.1. The minimum atomic E-state index is -1.39. The van der Waals surface area contributed by atoms with E-state index in [1.165, 1.54) is 0 Å². The highest BCUT2D eigenvalue weighted by Crippen LogP contribution is 2.18. The van der Waals surface area contributed by atoms with Crippen LogP contribution in [0.3, 0.4) is 0 Å². The fourth-order valence-electron chi connectivity index (χ4n) is 1.90. The molecule has 1 aromatic rings. The number of aliphatic carboxylic acids is 1. The second kappa shape index (κ2) is 6.14. The van der Waals surface area contributed by atoms with Crippen LogP contribution in [0.1, 0.15) is 30.5 Å². The zero-order chi connectivity index (χ0) is 13.9. The van der Waals surface area contributed by atoms with Crippen molar-refractivity contribution < 1.29 is 14.1 Å². The molecule has 0 aliphatic rings. The molecule has 1 rings (SSSR count). The summed E-state index contributed by atoms with van der Waals surface area (Å²) < 4.78 is 12.2. The van der Waals surface area contributed by atoms with Gasteiger partial charge in [0.2, 0.25) is 0 Å². The Morgan fingerprint density at radius 2 is 1.94 bits per heavy atom. The van der Waals surface area contributed by atoms with Crippen molar-refractivity contribution in [3.63, 3.8) is 0 Å². The smallest absolute Gasteiger partial charge is 0.319 e. The second-order valence-electron chi connectivity index (χ2n) is 4.96. The molecule has 0 saturated carbocycles. The number of rotatable bonds is 5. The van der Waals surface area contributed by atoms with E-state index in [1.807, 2.05) is 32.0 Å². The molecule has 0 unspecified atom stereocenters. The van der Waals surface area contributed by atoms with Gasteiger partial charge in [-0.1, -0.05) is 37.6 Å². The lowest BCUT2D eigenvalue weighted by Gasteiger charge is -2.16. The SMILES string of the molecule is Cc1ccc(C)c(C[S@@](=O)[C@H](C(=O)O)C(C)C)c1. The van der Waals surface area contributed by atoms with Crippen molar-refractivity contribution in [3.05, 3.63) is 34.9 Å². The van der Waals surface area contributed by atoms with E-state index in [0.29, 0.717) is 5.75 Å². The average molecular weight is 268 g/mol. The molecule has 2 atom stereocenters. The Morgan fingerprint density at radius 1 is 1.33 bits per heavy atom. The predicted octanol–water partition coefficient (Wildman–Crippen LogP) is 2.66. The zero-order valence-corrected chi connectivity index (χ0v) is 12.1. The molecule has 0 aliphatic carbocycles. The lowest BCUT2D eigenvalue weighted by molar-refractivity contribution is -0.137. The van der Waals surface area contributed by atoms with Crippen LogP contribution in [-0.2, 0) is 21.3 Å². The minimum Gasteiger partial charge on any atom is -0.480 e. The van der Waals surface area contributed by atoms with Crippen molar-refractivity contribution >= 4 is 16.8 Å². The molecule has 0 radical (unpaired) electrons. The summed E-state index contributed by atoms with van der Waals surface area (Å²) in [6.45, 7) is 7.51. The number of carboxylic acids is 1. The Kier molecular flexibility index (Phi) is 5.08. The van der Waals surface area contributed by atoms with Crippen molar-refractivity contribution in [2.75, 3.05) is 0 Å². The molecule has 0 amide bonds. The molecule has 0 saturated heterocycles. The first-order valence-corrected chi connectivity index (χ1v) is 7.37. The summed E-state index contributed by atoms with van der Waals surface area (Å²) in [6, 6.07) is 5.96. The molecular weight excluding hydrogens is 248 g/mol. The zero-order valence-electron chi connectivity index (χ0n) is 11.3. The van der Waals surface area contributed by atoms with Crippen LogP contribution in [0.25, 0.3) is 0 Å². The Balaban J connectivity index is 2.92. The van der Waals surface area contributed by atoms with Gasteiger partial charge in [-0.15, -0.1) is 0 Å². The molecule has 100 valence electrons. The van der Waals surface area contributed by atoms with Crippen molar-refractivity contribution in [2.24, 2.45) is 5.92 Å². The lowest BCUT2D eigenvalue weighted by Crippen LogP contribution is -2.31. The van der Waals surface area contributed by atoms with E-state index in [9.17, 15) is 9.00 Å². The fraction of sp³-hybridized carbons (Fsp3) is 0.500. The molecule has 0 spiro atoms. The first kappa shape index (κ1) is 14.9. The topological polar surface area (TPSA) is 54.4 Å². The molecule has 3 nitrogen and oxygen atoms in total. The van der Waals surface area contributed by atoms with E-state index in [0.717, 1.165) is 16.7 Å². The summed E-state index contributed by atoms with van der Waals surface area (Å²) in [5.74, 6) is -0.801. The van der Waals surface area contributed by atoms with Crippen LogP contribution >= 0.6 is 0 Å². The van der Waals surface area contributed by atoms with Gasteiger partial charge in [-0.3, -0.25) is 9.00 Å². The van der Waals surface area contributed by atoms with E-state index in [1.54, 1.807) is 13.8 Å². The first-order valence-electron chi connectivity index (χ1n) is 5.99.